The van der Waals surface area contributed by atoms with Gasteiger partial charge in [-0.3, -0.25) is 14.9 Å². The molecule has 4 aromatic rings. The normalized spacial score (nSPS) is 20.9. The highest BCUT2D eigenvalue weighted by atomic mass is 16.5. The molecule has 3 unspecified atom stereocenters. The van der Waals surface area contributed by atoms with Crippen LogP contribution < -0.4 is 14.8 Å². The van der Waals surface area contributed by atoms with Crippen molar-refractivity contribution in [2.24, 2.45) is 13.0 Å². The molecular weight excluding hydrogens is 440 g/mol. The summed E-state index contributed by atoms with van der Waals surface area (Å²) >= 11 is 0. The van der Waals surface area contributed by atoms with Crippen molar-refractivity contribution in [3.05, 3.63) is 95.2 Å². The second-order valence-electron chi connectivity index (χ2n) is 9.29. The predicted octanol–water partition coefficient (Wildman–Crippen LogP) is 4.46. The van der Waals surface area contributed by atoms with Crippen LogP contribution in [0.2, 0.25) is 0 Å². The molecule has 2 amide bonds. The zero-order valence-corrected chi connectivity index (χ0v) is 19.7. The first-order valence-corrected chi connectivity index (χ1v) is 11.8. The number of carbonyl (C=O) groups excluding carboxylic acids is 2. The van der Waals surface area contributed by atoms with Crippen LogP contribution in [0.1, 0.15) is 34.2 Å². The fraction of sp³-hybridized carbons (Fsp3) is 0.241. The van der Waals surface area contributed by atoms with Gasteiger partial charge in [0.25, 0.3) is 0 Å². The van der Waals surface area contributed by atoms with Crippen LogP contribution in [0, 0.1) is 5.92 Å². The van der Waals surface area contributed by atoms with Crippen molar-refractivity contribution in [3.63, 3.8) is 0 Å². The number of imide groups is 1. The zero-order valence-electron chi connectivity index (χ0n) is 19.7. The highest BCUT2D eigenvalue weighted by Gasteiger charge is 2.52. The number of hydrogen-bond donors (Lipinski definition) is 1. The molecule has 2 heterocycles. The Bertz CT molecular complexity index is 1440. The van der Waals surface area contributed by atoms with Crippen molar-refractivity contribution in [1.82, 2.24) is 9.88 Å². The SMILES string of the molecule is COc1cc2c3c(n(C)c2cc1OCc1ccccc1)CC(c1ccccc1)C1C(=O)NC(=O)C31. The van der Waals surface area contributed by atoms with E-state index < -0.39 is 11.8 Å². The molecule has 0 saturated carbocycles. The number of fused-ring (bicyclic) bond motifs is 5. The number of nitrogens with zero attached hydrogens (tertiary/aromatic N) is 1. The Morgan fingerprint density at radius 3 is 2.37 bits per heavy atom. The lowest BCUT2D eigenvalue weighted by atomic mass is 9.69. The molecule has 1 aromatic heterocycles. The summed E-state index contributed by atoms with van der Waals surface area (Å²) in [5, 5.41) is 3.54. The number of aromatic nitrogens is 1. The molecule has 6 heteroatoms. The van der Waals surface area contributed by atoms with Gasteiger partial charge in [-0.2, -0.15) is 0 Å². The first-order chi connectivity index (χ1) is 17.1. The molecule has 1 aliphatic carbocycles. The molecular formula is C29H26N2O4. The molecule has 1 N–H and O–H groups in total. The van der Waals surface area contributed by atoms with Gasteiger partial charge in [-0.25, -0.2) is 0 Å². The van der Waals surface area contributed by atoms with Gasteiger partial charge in [0.05, 0.1) is 24.5 Å². The van der Waals surface area contributed by atoms with E-state index in [1.54, 1.807) is 7.11 Å². The summed E-state index contributed by atoms with van der Waals surface area (Å²) in [6.45, 7) is 0.421. The number of nitrogens with one attached hydrogen (secondary N) is 1. The van der Waals surface area contributed by atoms with Gasteiger partial charge >= 0.3 is 0 Å². The molecule has 1 fully saturated rings. The topological polar surface area (TPSA) is 69.6 Å². The summed E-state index contributed by atoms with van der Waals surface area (Å²) in [5.74, 6) is -0.190. The van der Waals surface area contributed by atoms with Crippen molar-refractivity contribution in [3.8, 4) is 11.5 Å². The molecule has 6 rings (SSSR count). The fourth-order valence-corrected chi connectivity index (χ4v) is 5.81. The quantitative estimate of drug-likeness (QED) is 0.441. The maximum absolute atomic E-state index is 13.1. The average molecular weight is 467 g/mol. The van der Waals surface area contributed by atoms with E-state index >= 15 is 0 Å². The van der Waals surface area contributed by atoms with Gasteiger partial charge in [-0.15, -0.1) is 0 Å². The van der Waals surface area contributed by atoms with Crippen LogP contribution in [0.3, 0.4) is 0 Å². The van der Waals surface area contributed by atoms with Crippen LogP contribution >= 0.6 is 0 Å². The minimum Gasteiger partial charge on any atom is -0.493 e. The molecule has 0 spiro atoms. The van der Waals surface area contributed by atoms with Gasteiger partial charge < -0.3 is 14.0 Å². The van der Waals surface area contributed by atoms with E-state index in [0.29, 0.717) is 24.5 Å². The number of hydrogen-bond acceptors (Lipinski definition) is 4. The first kappa shape index (κ1) is 21.5. The van der Waals surface area contributed by atoms with Gasteiger partial charge in [0, 0.05) is 30.1 Å². The molecule has 0 bridgehead atoms. The Morgan fingerprint density at radius 2 is 1.66 bits per heavy atom. The number of methoxy groups -OCH3 is 1. The van der Waals surface area contributed by atoms with E-state index in [-0.39, 0.29) is 17.7 Å². The Kier molecular flexibility index (Phi) is 5.10. The second kappa shape index (κ2) is 8.31. The molecule has 1 saturated heterocycles. The summed E-state index contributed by atoms with van der Waals surface area (Å²) in [7, 11) is 3.64. The van der Waals surface area contributed by atoms with Crippen molar-refractivity contribution < 1.29 is 19.1 Å². The van der Waals surface area contributed by atoms with E-state index in [4.69, 9.17) is 9.47 Å². The maximum atomic E-state index is 13.1. The molecule has 3 aromatic carbocycles. The fourth-order valence-electron chi connectivity index (χ4n) is 5.81. The van der Waals surface area contributed by atoms with Gasteiger partial charge in [-0.05, 0) is 29.2 Å². The van der Waals surface area contributed by atoms with Crippen LogP contribution in [0.15, 0.2) is 72.8 Å². The lowest BCUT2D eigenvalue weighted by Crippen LogP contribution is -2.31. The molecule has 6 nitrogen and oxygen atoms in total. The van der Waals surface area contributed by atoms with Crippen molar-refractivity contribution in [2.45, 2.75) is 24.9 Å². The van der Waals surface area contributed by atoms with Gasteiger partial charge in [0.15, 0.2) is 11.5 Å². The van der Waals surface area contributed by atoms with Gasteiger partial charge in [0.1, 0.15) is 6.61 Å². The second-order valence-corrected chi connectivity index (χ2v) is 9.29. The minimum absolute atomic E-state index is 0.0705. The highest BCUT2D eigenvalue weighted by molar-refractivity contribution is 6.10. The summed E-state index contributed by atoms with van der Waals surface area (Å²) in [4.78, 5) is 26.1. The Labute approximate surface area is 203 Å². The summed E-state index contributed by atoms with van der Waals surface area (Å²) < 4.78 is 14.0. The average Bonchev–Trinajstić information content (AvgIpc) is 3.34. The third-order valence-corrected chi connectivity index (χ3v) is 7.46. The lowest BCUT2D eigenvalue weighted by molar-refractivity contribution is -0.126. The third kappa shape index (κ3) is 3.40. The number of amides is 2. The van der Waals surface area contributed by atoms with Crippen LogP contribution in [-0.2, 0) is 29.7 Å². The van der Waals surface area contributed by atoms with Crippen LogP contribution in [0.5, 0.6) is 11.5 Å². The van der Waals surface area contributed by atoms with Crippen LogP contribution in [-0.4, -0.2) is 23.5 Å². The maximum Gasteiger partial charge on any atom is 0.235 e. The van der Waals surface area contributed by atoms with Crippen molar-refractivity contribution in [1.29, 1.82) is 0 Å². The largest absolute Gasteiger partial charge is 0.493 e. The van der Waals surface area contributed by atoms with E-state index in [0.717, 1.165) is 33.3 Å². The number of aryl methyl sites for hydroxylation is 1. The number of carbonyl (C=O) groups is 2. The molecule has 35 heavy (non-hydrogen) atoms. The van der Waals surface area contributed by atoms with Gasteiger partial charge in [-0.1, -0.05) is 60.7 Å². The van der Waals surface area contributed by atoms with Crippen LogP contribution in [0.4, 0.5) is 0 Å². The summed E-state index contributed by atoms with van der Waals surface area (Å²) in [5.41, 5.74) is 5.10. The first-order valence-electron chi connectivity index (χ1n) is 11.8. The van der Waals surface area contributed by atoms with Crippen LogP contribution in [0.25, 0.3) is 10.9 Å². The molecule has 3 atom stereocenters. The van der Waals surface area contributed by atoms with E-state index in [1.807, 2.05) is 79.8 Å². The minimum atomic E-state index is -0.527. The standard InChI is InChI=1S/C29H26N2O4/c1-31-21-15-24(35-16-17-9-5-3-6-10-17)23(34-2)14-20(21)25-22(31)13-19(18-11-7-4-8-12-18)26-27(25)29(33)30-28(26)32/h3-12,14-15,19,26-27H,13,16H2,1-2H3,(H,30,32,33). The predicted molar refractivity (Wildman–Crippen MR) is 133 cm³/mol. The molecule has 0 radical (unpaired) electrons. The smallest absolute Gasteiger partial charge is 0.235 e. The zero-order chi connectivity index (χ0) is 24.1. The van der Waals surface area contributed by atoms with Crippen molar-refractivity contribution >= 4 is 22.7 Å². The highest BCUT2D eigenvalue weighted by Crippen LogP contribution is 2.51. The van der Waals surface area contributed by atoms with E-state index in [1.165, 1.54) is 0 Å². The van der Waals surface area contributed by atoms with Gasteiger partial charge in [0.2, 0.25) is 11.8 Å². The number of ether oxygens (including phenoxy) is 2. The Balaban J connectivity index is 1.48. The number of benzene rings is 3. The lowest BCUT2D eigenvalue weighted by Gasteiger charge is -2.32. The molecule has 2 aliphatic rings. The Morgan fingerprint density at radius 1 is 0.943 bits per heavy atom. The van der Waals surface area contributed by atoms with Crippen molar-refractivity contribution in [2.75, 3.05) is 7.11 Å². The third-order valence-electron chi connectivity index (χ3n) is 7.46. The molecule has 176 valence electrons. The monoisotopic (exact) mass is 466 g/mol. The summed E-state index contributed by atoms with van der Waals surface area (Å²) in [6.07, 6.45) is 0.676. The number of rotatable bonds is 5. The summed E-state index contributed by atoms with van der Waals surface area (Å²) in [6, 6.07) is 23.9. The Hall–Kier alpha value is -4.06. The van der Waals surface area contributed by atoms with E-state index in [2.05, 4.69) is 9.88 Å². The van der Waals surface area contributed by atoms with E-state index in [9.17, 15) is 9.59 Å². The molecule has 1 aliphatic heterocycles.